The summed E-state index contributed by atoms with van der Waals surface area (Å²) >= 11 is 0. The van der Waals surface area contributed by atoms with Gasteiger partial charge in [0.1, 0.15) is 0 Å². The first kappa shape index (κ1) is 13.6. The van der Waals surface area contributed by atoms with E-state index in [0.29, 0.717) is 11.8 Å². The average Bonchev–Trinajstić information content (AvgIpc) is 2.39. The van der Waals surface area contributed by atoms with Gasteiger partial charge < -0.3 is 5.11 Å². The van der Waals surface area contributed by atoms with Gasteiger partial charge in [-0.15, -0.1) is 0 Å². The van der Waals surface area contributed by atoms with Crippen LogP contribution in [0.25, 0.3) is 0 Å². The van der Waals surface area contributed by atoms with Gasteiger partial charge in [-0.05, 0) is 35.8 Å². The molecule has 0 radical (unpaired) electrons. The lowest BCUT2D eigenvalue weighted by Gasteiger charge is -2.41. The minimum absolute atomic E-state index is 0.422. The van der Waals surface area contributed by atoms with Crippen LogP contribution in [0.5, 0.6) is 0 Å². The van der Waals surface area contributed by atoms with E-state index in [2.05, 4.69) is 45.0 Å². The first-order valence-electron chi connectivity index (χ1n) is 7.41. The van der Waals surface area contributed by atoms with Crippen molar-refractivity contribution in [2.24, 2.45) is 5.92 Å². The van der Waals surface area contributed by atoms with Crippen LogP contribution in [0.4, 0.5) is 0 Å². The highest BCUT2D eigenvalue weighted by Gasteiger charge is 2.40. The third-order valence-corrected chi connectivity index (χ3v) is 4.58. The maximum Gasteiger partial charge on any atom is 0.0927 e. The van der Waals surface area contributed by atoms with Crippen LogP contribution in [0.15, 0.2) is 24.3 Å². The Labute approximate surface area is 111 Å². The van der Waals surface area contributed by atoms with E-state index in [1.54, 1.807) is 0 Å². The van der Waals surface area contributed by atoms with Gasteiger partial charge >= 0.3 is 0 Å². The normalized spacial score (nSPS) is 28.6. The van der Waals surface area contributed by atoms with Crippen molar-refractivity contribution in [1.29, 1.82) is 0 Å². The number of rotatable bonds is 3. The molecule has 0 saturated heterocycles. The van der Waals surface area contributed by atoms with E-state index < -0.39 is 5.60 Å². The summed E-state index contributed by atoms with van der Waals surface area (Å²) in [7, 11) is 0. The maximum absolute atomic E-state index is 11.2. The average molecular weight is 246 g/mol. The van der Waals surface area contributed by atoms with Gasteiger partial charge in [0.05, 0.1) is 5.60 Å². The summed E-state index contributed by atoms with van der Waals surface area (Å²) in [6.07, 6.45) is 5.59. The third-order valence-electron chi connectivity index (χ3n) is 4.58. The molecule has 0 aromatic heterocycles. The molecule has 1 aromatic carbocycles. The molecule has 1 aliphatic rings. The predicted molar refractivity (Wildman–Crippen MR) is 76.7 cm³/mol. The largest absolute Gasteiger partial charge is 0.385 e. The third kappa shape index (κ3) is 2.33. The van der Waals surface area contributed by atoms with Crippen molar-refractivity contribution in [3.8, 4) is 0 Å². The predicted octanol–water partition coefficient (Wildman–Crippen LogP) is 4.60. The molecule has 18 heavy (non-hydrogen) atoms. The van der Waals surface area contributed by atoms with Crippen molar-refractivity contribution in [3.05, 3.63) is 35.4 Å². The molecular formula is C17H26O. The van der Waals surface area contributed by atoms with Gasteiger partial charge in [-0.25, -0.2) is 0 Å². The second kappa shape index (κ2) is 5.44. The monoisotopic (exact) mass is 246 g/mol. The molecule has 100 valence electrons. The summed E-state index contributed by atoms with van der Waals surface area (Å²) in [5.74, 6) is 0.899. The molecule has 2 rings (SSSR count). The van der Waals surface area contributed by atoms with Crippen molar-refractivity contribution in [2.45, 2.75) is 64.4 Å². The Hall–Kier alpha value is -0.820. The fourth-order valence-corrected chi connectivity index (χ4v) is 3.52. The van der Waals surface area contributed by atoms with Crippen molar-refractivity contribution in [1.82, 2.24) is 0 Å². The first-order chi connectivity index (χ1) is 8.59. The Bertz CT molecular complexity index is 396. The molecule has 0 bridgehead atoms. The summed E-state index contributed by atoms with van der Waals surface area (Å²) in [6, 6.07) is 8.48. The zero-order chi connectivity index (χ0) is 13.2. The number of aliphatic hydroxyl groups is 1. The highest BCUT2D eigenvalue weighted by Crippen LogP contribution is 2.45. The lowest BCUT2D eigenvalue weighted by molar-refractivity contribution is -0.0565. The number of benzene rings is 1. The Balaban J connectivity index is 2.44. The minimum atomic E-state index is -0.589. The highest BCUT2D eigenvalue weighted by atomic mass is 16.3. The minimum Gasteiger partial charge on any atom is -0.385 e. The molecule has 0 unspecified atom stereocenters. The van der Waals surface area contributed by atoms with Gasteiger partial charge in [-0.3, -0.25) is 0 Å². The zero-order valence-electron chi connectivity index (χ0n) is 11.9. The topological polar surface area (TPSA) is 20.2 Å². The van der Waals surface area contributed by atoms with Crippen molar-refractivity contribution >= 4 is 0 Å². The molecule has 1 heteroatoms. The van der Waals surface area contributed by atoms with E-state index in [-0.39, 0.29) is 0 Å². The lowest BCUT2D eigenvalue weighted by atomic mass is 9.68. The number of hydrogen-bond donors (Lipinski definition) is 1. The second-order valence-electron chi connectivity index (χ2n) is 6.02. The van der Waals surface area contributed by atoms with Gasteiger partial charge in [0, 0.05) is 0 Å². The summed E-state index contributed by atoms with van der Waals surface area (Å²) in [6.45, 7) is 6.64. The molecule has 0 spiro atoms. The van der Waals surface area contributed by atoms with Crippen LogP contribution in [0, 0.1) is 5.92 Å². The van der Waals surface area contributed by atoms with Gasteiger partial charge in [0.15, 0.2) is 0 Å². The molecule has 1 fully saturated rings. The van der Waals surface area contributed by atoms with Crippen LogP contribution in [-0.4, -0.2) is 5.11 Å². The fraction of sp³-hybridized carbons (Fsp3) is 0.647. The summed E-state index contributed by atoms with van der Waals surface area (Å²) in [4.78, 5) is 0. The SMILES string of the molecule is CC[C@H]1CCCC[C@@]1(O)c1ccccc1C(C)C. The number of hydrogen-bond acceptors (Lipinski definition) is 1. The van der Waals surface area contributed by atoms with Crippen LogP contribution in [0.3, 0.4) is 0 Å². The lowest BCUT2D eigenvalue weighted by Crippen LogP contribution is -2.38. The zero-order valence-corrected chi connectivity index (χ0v) is 11.9. The van der Waals surface area contributed by atoms with Crippen molar-refractivity contribution in [3.63, 3.8) is 0 Å². The van der Waals surface area contributed by atoms with E-state index in [4.69, 9.17) is 0 Å². The van der Waals surface area contributed by atoms with Crippen LogP contribution < -0.4 is 0 Å². The molecule has 0 amide bonds. The van der Waals surface area contributed by atoms with Gasteiger partial charge in [0.2, 0.25) is 0 Å². The fourth-order valence-electron chi connectivity index (χ4n) is 3.52. The molecule has 1 aromatic rings. The van der Waals surface area contributed by atoms with Gasteiger partial charge in [0.25, 0.3) is 0 Å². The molecule has 1 nitrogen and oxygen atoms in total. The summed E-state index contributed by atoms with van der Waals surface area (Å²) in [5.41, 5.74) is 1.92. The molecule has 0 aliphatic heterocycles. The Morgan fingerprint density at radius 3 is 2.67 bits per heavy atom. The molecule has 0 heterocycles. The standard InChI is InChI=1S/C17H26O/c1-4-14-9-7-8-12-17(14,18)16-11-6-5-10-15(16)13(2)3/h5-6,10-11,13-14,18H,4,7-9,12H2,1-3H3/t14-,17-/m0/s1. The van der Waals surface area contributed by atoms with Crippen LogP contribution in [0.1, 0.15) is 69.9 Å². The highest BCUT2D eigenvalue weighted by molar-refractivity contribution is 5.35. The van der Waals surface area contributed by atoms with Crippen LogP contribution in [-0.2, 0) is 5.60 Å². The van der Waals surface area contributed by atoms with E-state index in [0.717, 1.165) is 19.3 Å². The molecule has 2 atom stereocenters. The first-order valence-corrected chi connectivity index (χ1v) is 7.41. The summed E-state index contributed by atoms with van der Waals surface area (Å²) in [5, 5.41) is 11.2. The molecule has 1 aliphatic carbocycles. The molecular weight excluding hydrogens is 220 g/mol. The Morgan fingerprint density at radius 2 is 2.00 bits per heavy atom. The van der Waals surface area contributed by atoms with Crippen molar-refractivity contribution in [2.75, 3.05) is 0 Å². The van der Waals surface area contributed by atoms with E-state index in [9.17, 15) is 5.11 Å². The van der Waals surface area contributed by atoms with Gasteiger partial charge in [-0.1, -0.05) is 64.3 Å². The maximum atomic E-state index is 11.2. The molecule has 1 saturated carbocycles. The van der Waals surface area contributed by atoms with Crippen LogP contribution >= 0.6 is 0 Å². The quantitative estimate of drug-likeness (QED) is 0.826. The Morgan fingerprint density at radius 1 is 1.28 bits per heavy atom. The smallest absolute Gasteiger partial charge is 0.0927 e. The van der Waals surface area contributed by atoms with Gasteiger partial charge in [-0.2, -0.15) is 0 Å². The second-order valence-corrected chi connectivity index (χ2v) is 6.02. The molecule has 1 N–H and O–H groups in total. The van der Waals surface area contributed by atoms with E-state index in [1.165, 1.54) is 24.0 Å². The Kier molecular flexibility index (Phi) is 4.11. The van der Waals surface area contributed by atoms with Crippen molar-refractivity contribution < 1.29 is 5.11 Å². The van der Waals surface area contributed by atoms with Crippen LogP contribution in [0.2, 0.25) is 0 Å². The van der Waals surface area contributed by atoms with E-state index in [1.807, 2.05) is 0 Å². The van der Waals surface area contributed by atoms with E-state index >= 15 is 0 Å². The summed E-state index contributed by atoms with van der Waals surface area (Å²) < 4.78 is 0.